The van der Waals surface area contributed by atoms with Crippen molar-refractivity contribution in [2.45, 2.75) is 38.5 Å². The van der Waals surface area contributed by atoms with Gasteiger partial charge in [-0.25, -0.2) is 18.1 Å². The van der Waals surface area contributed by atoms with Crippen LogP contribution in [-0.4, -0.2) is 46.0 Å². The van der Waals surface area contributed by atoms with Gasteiger partial charge in [-0.2, -0.15) is 0 Å². The first kappa shape index (κ1) is 23.3. The number of guanidine groups is 1. The van der Waals surface area contributed by atoms with E-state index in [0.717, 1.165) is 43.1 Å². The molecule has 0 spiro atoms. The molecule has 1 heterocycles. The molecule has 3 rings (SSSR count). The summed E-state index contributed by atoms with van der Waals surface area (Å²) in [5.74, 6) is 2.02. The van der Waals surface area contributed by atoms with Gasteiger partial charge in [-0.15, -0.1) is 0 Å². The lowest BCUT2D eigenvalue weighted by molar-refractivity contribution is 0.234. The van der Waals surface area contributed by atoms with Gasteiger partial charge >= 0.3 is 0 Å². The van der Waals surface area contributed by atoms with Crippen LogP contribution in [0.25, 0.3) is 0 Å². The topological polar surface area (TPSA) is 73.8 Å². The van der Waals surface area contributed by atoms with Crippen LogP contribution in [0.2, 0.25) is 0 Å². The van der Waals surface area contributed by atoms with Crippen molar-refractivity contribution >= 4 is 16.0 Å². The Labute approximate surface area is 186 Å². The zero-order valence-corrected chi connectivity index (χ0v) is 19.5. The van der Waals surface area contributed by atoms with E-state index in [-0.39, 0.29) is 5.75 Å². The highest BCUT2D eigenvalue weighted by Crippen LogP contribution is 2.32. The number of hydrogen-bond donors (Lipinski definition) is 2. The summed E-state index contributed by atoms with van der Waals surface area (Å²) in [5.41, 5.74) is 3.20. The van der Waals surface area contributed by atoms with E-state index >= 15 is 0 Å². The van der Waals surface area contributed by atoms with Crippen LogP contribution in [0.4, 0.5) is 0 Å². The molecule has 1 aliphatic rings. The van der Waals surface area contributed by atoms with Gasteiger partial charge in [0, 0.05) is 19.6 Å². The number of aliphatic imine (C=N–C) groups is 1. The van der Waals surface area contributed by atoms with Crippen molar-refractivity contribution < 1.29 is 8.42 Å². The zero-order valence-electron chi connectivity index (χ0n) is 18.7. The predicted octanol–water partition coefficient (Wildman–Crippen LogP) is 3.33. The SMILES string of the molecule is CCNC(=NCc1cccc(CS(=O)(=O)NC)c1)N1CCC(c2ccccc2)C(C)C1. The fraction of sp³-hybridized carbons (Fsp3) is 0.458. The number of benzene rings is 2. The van der Waals surface area contributed by atoms with Gasteiger partial charge in [0.25, 0.3) is 0 Å². The predicted molar refractivity (Wildman–Crippen MR) is 127 cm³/mol. The van der Waals surface area contributed by atoms with Crippen LogP contribution in [-0.2, 0) is 22.3 Å². The van der Waals surface area contributed by atoms with Gasteiger partial charge in [0.05, 0.1) is 12.3 Å². The number of sulfonamides is 1. The zero-order chi connectivity index (χ0) is 22.3. The Bertz CT molecular complexity index is 976. The van der Waals surface area contributed by atoms with Crippen molar-refractivity contribution in [3.63, 3.8) is 0 Å². The van der Waals surface area contributed by atoms with Crippen LogP contribution in [0, 0.1) is 5.92 Å². The number of hydrogen-bond acceptors (Lipinski definition) is 3. The van der Waals surface area contributed by atoms with Crippen LogP contribution in [0.15, 0.2) is 59.6 Å². The Hall–Kier alpha value is -2.38. The molecule has 6 nitrogen and oxygen atoms in total. The first-order valence-electron chi connectivity index (χ1n) is 11.0. The summed E-state index contributed by atoms with van der Waals surface area (Å²) in [7, 11) is -1.85. The second-order valence-corrected chi connectivity index (χ2v) is 10.1. The monoisotopic (exact) mass is 442 g/mol. The van der Waals surface area contributed by atoms with E-state index in [2.05, 4.69) is 59.1 Å². The minimum absolute atomic E-state index is 0.0222. The summed E-state index contributed by atoms with van der Waals surface area (Å²) >= 11 is 0. The fourth-order valence-electron chi connectivity index (χ4n) is 4.23. The van der Waals surface area contributed by atoms with Crippen molar-refractivity contribution in [3.8, 4) is 0 Å². The number of rotatable bonds is 7. The molecule has 2 unspecified atom stereocenters. The van der Waals surface area contributed by atoms with E-state index in [0.29, 0.717) is 18.4 Å². The number of likely N-dealkylation sites (tertiary alicyclic amines) is 1. The summed E-state index contributed by atoms with van der Waals surface area (Å²) in [6, 6.07) is 18.4. The van der Waals surface area contributed by atoms with Crippen LogP contribution in [0.3, 0.4) is 0 Å². The van der Waals surface area contributed by atoms with Gasteiger partial charge in [-0.3, -0.25) is 0 Å². The van der Waals surface area contributed by atoms with E-state index in [4.69, 9.17) is 4.99 Å². The first-order valence-corrected chi connectivity index (χ1v) is 12.6. The second-order valence-electron chi connectivity index (χ2n) is 8.18. The Kier molecular flexibility index (Phi) is 8.09. The third-order valence-corrected chi connectivity index (χ3v) is 7.17. The van der Waals surface area contributed by atoms with E-state index in [1.165, 1.54) is 12.6 Å². The average molecular weight is 443 g/mol. The number of nitrogens with zero attached hydrogens (tertiary/aromatic N) is 2. The Morgan fingerprint density at radius 3 is 2.55 bits per heavy atom. The van der Waals surface area contributed by atoms with E-state index in [9.17, 15) is 8.42 Å². The molecule has 0 aromatic heterocycles. The van der Waals surface area contributed by atoms with Crippen LogP contribution < -0.4 is 10.0 Å². The molecule has 7 heteroatoms. The Balaban J connectivity index is 1.68. The lowest BCUT2D eigenvalue weighted by Crippen LogP contribution is -2.48. The third-order valence-electron chi connectivity index (χ3n) is 5.84. The normalized spacial score (nSPS) is 20.0. The van der Waals surface area contributed by atoms with E-state index in [1.54, 1.807) is 0 Å². The maximum Gasteiger partial charge on any atom is 0.215 e. The van der Waals surface area contributed by atoms with Gasteiger partial charge in [0.15, 0.2) is 5.96 Å². The Morgan fingerprint density at radius 1 is 1.13 bits per heavy atom. The summed E-state index contributed by atoms with van der Waals surface area (Å²) < 4.78 is 26.1. The molecular formula is C24H34N4O2S. The van der Waals surface area contributed by atoms with E-state index < -0.39 is 10.0 Å². The smallest absolute Gasteiger partial charge is 0.215 e. The standard InChI is InChI=1S/C24H34N4O2S/c1-4-26-24(27-16-20-9-8-10-21(15-20)18-31(29,30)25-3)28-14-13-23(19(2)17-28)22-11-6-5-7-12-22/h5-12,15,19,23,25H,4,13-14,16-18H2,1-3H3,(H,26,27). The summed E-state index contributed by atoms with van der Waals surface area (Å²) in [5, 5.41) is 3.43. The highest BCUT2D eigenvalue weighted by Gasteiger charge is 2.28. The van der Waals surface area contributed by atoms with Crippen molar-refractivity contribution in [1.29, 1.82) is 0 Å². The minimum Gasteiger partial charge on any atom is -0.357 e. The maximum atomic E-state index is 11.8. The molecule has 1 fully saturated rings. The average Bonchev–Trinajstić information content (AvgIpc) is 2.77. The molecule has 2 N–H and O–H groups in total. The van der Waals surface area contributed by atoms with Crippen LogP contribution in [0.1, 0.15) is 42.9 Å². The third kappa shape index (κ3) is 6.55. The van der Waals surface area contributed by atoms with Gasteiger partial charge in [-0.05, 0) is 48.9 Å². The van der Waals surface area contributed by atoms with Gasteiger partial charge in [-0.1, -0.05) is 61.5 Å². The van der Waals surface area contributed by atoms with Crippen LogP contribution >= 0.6 is 0 Å². The molecule has 2 aromatic rings. The van der Waals surface area contributed by atoms with Gasteiger partial charge < -0.3 is 10.2 Å². The highest BCUT2D eigenvalue weighted by molar-refractivity contribution is 7.88. The highest BCUT2D eigenvalue weighted by atomic mass is 32.2. The molecule has 1 aliphatic heterocycles. The van der Waals surface area contributed by atoms with Crippen molar-refractivity contribution in [3.05, 3.63) is 71.3 Å². The maximum absolute atomic E-state index is 11.8. The molecule has 0 amide bonds. The lowest BCUT2D eigenvalue weighted by Gasteiger charge is -2.39. The first-order chi connectivity index (χ1) is 14.9. The largest absolute Gasteiger partial charge is 0.357 e. The fourth-order valence-corrected chi connectivity index (χ4v) is 5.00. The molecule has 0 aliphatic carbocycles. The summed E-state index contributed by atoms with van der Waals surface area (Å²) in [4.78, 5) is 7.21. The Morgan fingerprint density at radius 2 is 1.87 bits per heavy atom. The van der Waals surface area contributed by atoms with Crippen molar-refractivity contribution in [2.75, 3.05) is 26.7 Å². The molecule has 0 saturated carbocycles. The number of piperidine rings is 1. The molecular weight excluding hydrogens is 408 g/mol. The molecule has 0 radical (unpaired) electrons. The molecule has 168 valence electrons. The van der Waals surface area contributed by atoms with E-state index in [1.807, 2.05) is 24.3 Å². The van der Waals surface area contributed by atoms with Crippen molar-refractivity contribution in [1.82, 2.24) is 14.9 Å². The molecule has 0 bridgehead atoms. The summed E-state index contributed by atoms with van der Waals surface area (Å²) in [6.45, 7) is 7.66. The number of nitrogens with one attached hydrogen (secondary N) is 2. The van der Waals surface area contributed by atoms with Gasteiger partial charge in [0.1, 0.15) is 0 Å². The minimum atomic E-state index is -3.29. The quantitative estimate of drug-likeness (QED) is 0.510. The van der Waals surface area contributed by atoms with Gasteiger partial charge in [0.2, 0.25) is 10.0 Å². The second kappa shape index (κ2) is 10.8. The molecule has 31 heavy (non-hydrogen) atoms. The summed E-state index contributed by atoms with van der Waals surface area (Å²) in [6.07, 6.45) is 1.10. The lowest BCUT2D eigenvalue weighted by atomic mass is 9.82. The van der Waals surface area contributed by atoms with Crippen molar-refractivity contribution in [2.24, 2.45) is 10.9 Å². The molecule has 2 aromatic carbocycles. The van der Waals surface area contributed by atoms with Crippen LogP contribution in [0.5, 0.6) is 0 Å². The molecule has 2 atom stereocenters. The molecule has 1 saturated heterocycles.